The van der Waals surface area contributed by atoms with Crippen molar-refractivity contribution in [3.8, 4) is 6.07 Å². The van der Waals surface area contributed by atoms with Gasteiger partial charge in [0.2, 0.25) is 5.17 Å². The van der Waals surface area contributed by atoms with Crippen LogP contribution in [0.3, 0.4) is 0 Å². The van der Waals surface area contributed by atoms with Crippen molar-refractivity contribution >= 4 is 103 Å². The number of fused-ring (bicyclic) bond motifs is 1. The molecule has 2 heterocycles. The number of pyridine rings is 1. The summed E-state index contributed by atoms with van der Waals surface area (Å²) in [5.74, 6) is -0.0466. The van der Waals surface area contributed by atoms with E-state index in [0.29, 0.717) is 5.56 Å². The molecule has 0 saturated heterocycles. The molecule has 1 aliphatic rings. The molecule has 0 saturated carbocycles. The molecular weight excluding hydrogens is 947 g/mol. The molecule has 0 amide bonds. The van der Waals surface area contributed by atoms with Crippen molar-refractivity contribution in [2.45, 2.75) is 44.8 Å². The van der Waals surface area contributed by atoms with Crippen LogP contribution < -0.4 is 10.6 Å². The maximum Gasteiger partial charge on any atom is 0.295 e. The maximum absolute atomic E-state index is 12.4. The van der Waals surface area contributed by atoms with E-state index in [0.717, 1.165) is 53.7 Å². The van der Waals surface area contributed by atoms with Crippen molar-refractivity contribution in [1.29, 1.82) is 5.26 Å². The minimum absolute atomic E-state index is 0.0106. The Morgan fingerprint density at radius 3 is 1.75 bits per heavy atom. The number of amidine groups is 1. The molecule has 26 heteroatoms. The standard InChI is InChI=1S/C39H31N9O12S5/c1-21-6-8-23(9-7-21)35-38(47-45-26-18-30-29(33(19-26)65(58,59)60)4-3-5-32(30)64(55,56)57)61-39(43-35)48-46-34-22(2)31(20-40)36(41-24-10-14-27(15-11-24)62(49,50)51)44-37(34)42-25-12-16-28(17-13-25)63(52,53)54/h3-19,35,38H,1-2H3,(H2,41,42,44)(H,49,50,51)(H,52,53,54)(H,55,56,57)(H,58,59,60). The topological polar surface area (TPSA) is 340 Å². The number of rotatable bonds is 12. The van der Waals surface area contributed by atoms with Crippen LogP contribution in [0.1, 0.15) is 28.3 Å². The first-order valence-corrected chi connectivity index (χ1v) is 24.9. The number of hydrogen-bond donors (Lipinski definition) is 6. The van der Waals surface area contributed by atoms with Crippen LogP contribution in [0.4, 0.5) is 34.4 Å². The molecule has 7 rings (SSSR count). The second-order valence-corrected chi connectivity index (χ2v) is 20.7. The Morgan fingerprint density at radius 1 is 0.646 bits per heavy atom. The quantitative estimate of drug-likeness (QED) is 0.0496. The molecule has 6 N–H and O–H groups in total. The number of thioether (sulfide) groups is 1. The number of nitriles is 1. The van der Waals surface area contributed by atoms with Gasteiger partial charge in [-0.25, -0.2) is 9.98 Å². The Kier molecular flexibility index (Phi) is 12.7. The van der Waals surface area contributed by atoms with Gasteiger partial charge < -0.3 is 10.6 Å². The van der Waals surface area contributed by atoms with Crippen LogP contribution in [-0.2, 0) is 40.5 Å². The predicted octanol–water partition coefficient (Wildman–Crippen LogP) is 8.24. The summed E-state index contributed by atoms with van der Waals surface area (Å²) in [4.78, 5) is 7.20. The fourth-order valence-corrected chi connectivity index (χ4v) is 9.67. The summed E-state index contributed by atoms with van der Waals surface area (Å²) < 4.78 is 135. The predicted molar refractivity (Wildman–Crippen MR) is 238 cm³/mol. The van der Waals surface area contributed by atoms with Gasteiger partial charge in [0.1, 0.15) is 27.6 Å². The molecule has 2 atom stereocenters. The van der Waals surface area contributed by atoms with Crippen LogP contribution in [0.5, 0.6) is 0 Å². The molecule has 5 aromatic carbocycles. The number of aryl methyl sites for hydroxylation is 1. The van der Waals surface area contributed by atoms with E-state index in [2.05, 4.69) is 42.1 Å². The van der Waals surface area contributed by atoms with Crippen molar-refractivity contribution in [2.24, 2.45) is 25.4 Å². The van der Waals surface area contributed by atoms with Crippen molar-refractivity contribution in [1.82, 2.24) is 4.98 Å². The number of hydrogen-bond acceptors (Lipinski definition) is 18. The maximum atomic E-state index is 12.4. The van der Waals surface area contributed by atoms with Gasteiger partial charge in [-0.05, 0) is 86.1 Å². The molecule has 6 aromatic rings. The number of nitrogens with one attached hydrogen (secondary N) is 2. The summed E-state index contributed by atoms with van der Waals surface area (Å²) in [5.41, 5.74) is 2.14. The summed E-state index contributed by atoms with van der Waals surface area (Å²) in [6, 6.07) is 24.0. The van der Waals surface area contributed by atoms with Gasteiger partial charge in [-0.15, -0.1) is 10.2 Å². The highest BCUT2D eigenvalue weighted by Gasteiger charge is 2.33. The zero-order valence-corrected chi connectivity index (χ0v) is 37.3. The highest BCUT2D eigenvalue weighted by Crippen LogP contribution is 2.42. The first kappa shape index (κ1) is 46.5. The SMILES string of the molecule is Cc1ccc(C2N=C(N=Nc3c(Nc4ccc(S(=O)(=O)O)cc4)nc(Nc4ccc(S(=O)(=O)O)cc4)c(C#N)c3C)SC2N=Nc2cc(S(=O)(=O)O)c3cccc(S(=O)(=O)O)c3c2)cc1. The Hall–Kier alpha value is -6.54. The highest BCUT2D eigenvalue weighted by molar-refractivity contribution is 8.14. The minimum atomic E-state index is -4.95. The number of benzene rings is 5. The average Bonchev–Trinajstić information content (AvgIpc) is 3.64. The molecule has 2 unspecified atom stereocenters. The van der Waals surface area contributed by atoms with Gasteiger partial charge in [0, 0.05) is 27.7 Å². The summed E-state index contributed by atoms with van der Waals surface area (Å²) in [7, 11) is -18.9. The minimum Gasteiger partial charge on any atom is -0.339 e. The fraction of sp³-hybridized carbons (Fsp3) is 0.103. The Balaban J connectivity index is 1.29. The number of aromatic nitrogens is 1. The van der Waals surface area contributed by atoms with E-state index in [1.54, 1.807) is 19.1 Å². The summed E-state index contributed by atoms with van der Waals surface area (Å²) in [5, 5.41) is 32.4. The lowest BCUT2D eigenvalue weighted by molar-refractivity contribution is 0.481. The van der Waals surface area contributed by atoms with Crippen molar-refractivity contribution in [2.75, 3.05) is 10.6 Å². The van der Waals surface area contributed by atoms with Crippen LogP contribution in [-0.4, -0.2) is 67.4 Å². The lowest BCUT2D eigenvalue weighted by Crippen LogP contribution is -2.06. The second-order valence-electron chi connectivity index (χ2n) is 14.0. The third-order valence-electron chi connectivity index (χ3n) is 9.50. The van der Waals surface area contributed by atoms with Gasteiger partial charge in [0.15, 0.2) is 17.0 Å². The van der Waals surface area contributed by atoms with Crippen LogP contribution in [0.2, 0.25) is 0 Å². The van der Waals surface area contributed by atoms with Gasteiger partial charge in [-0.3, -0.25) is 18.2 Å². The van der Waals surface area contributed by atoms with Crippen LogP contribution in [0.15, 0.2) is 148 Å². The normalized spacial score (nSPS) is 15.9. The zero-order chi connectivity index (χ0) is 47.1. The van der Waals surface area contributed by atoms with Crippen molar-refractivity contribution in [3.05, 3.63) is 125 Å². The van der Waals surface area contributed by atoms with Gasteiger partial charge in [0.05, 0.1) is 21.0 Å². The largest absolute Gasteiger partial charge is 0.339 e. The van der Waals surface area contributed by atoms with Gasteiger partial charge >= 0.3 is 0 Å². The molecule has 21 nitrogen and oxygen atoms in total. The Labute approximate surface area is 375 Å². The molecule has 0 bridgehead atoms. The van der Waals surface area contributed by atoms with E-state index in [-0.39, 0.29) is 66.3 Å². The third-order valence-corrected chi connectivity index (χ3v) is 14.0. The summed E-state index contributed by atoms with van der Waals surface area (Å²) in [6.45, 7) is 3.42. The molecule has 65 heavy (non-hydrogen) atoms. The average molecular weight is 978 g/mol. The number of anilines is 4. The van der Waals surface area contributed by atoms with Crippen LogP contribution in [0, 0.1) is 25.2 Å². The van der Waals surface area contributed by atoms with E-state index in [4.69, 9.17) is 4.99 Å². The second kappa shape index (κ2) is 17.8. The van der Waals surface area contributed by atoms with Gasteiger partial charge in [-0.1, -0.05) is 53.7 Å². The monoisotopic (exact) mass is 977 g/mol. The van der Waals surface area contributed by atoms with E-state index >= 15 is 0 Å². The molecule has 334 valence electrons. The Morgan fingerprint density at radius 2 is 1.22 bits per heavy atom. The molecule has 1 aromatic heterocycles. The van der Waals surface area contributed by atoms with E-state index < -0.39 is 66.6 Å². The summed E-state index contributed by atoms with van der Waals surface area (Å²) >= 11 is 0.981. The zero-order valence-electron chi connectivity index (χ0n) is 33.2. The van der Waals surface area contributed by atoms with Crippen molar-refractivity contribution < 1.29 is 51.9 Å². The molecular formula is C39H31N9O12S5. The third kappa shape index (κ3) is 10.5. The van der Waals surface area contributed by atoms with Crippen LogP contribution in [0.25, 0.3) is 10.8 Å². The first-order valence-electron chi connectivity index (χ1n) is 18.3. The molecule has 0 aliphatic carbocycles. The first-order chi connectivity index (χ1) is 30.5. The van der Waals surface area contributed by atoms with Gasteiger partial charge in [0.25, 0.3) is 40.5 Å². The van der Waals surface area contributed by atoms with E-state index in [1.807, 2.05) is 19.1 Å². The lowest BCUT2D eigenvalue weighted by atomic mass is 10.1. The number of azo groups is 2. The lowest BCUT2D eigenvalue weighted by Gasteiger charge is -2.16. The number of nitrogens with zero attached hydrogens (tertiary/aromatic N) is 7. The fourth-order valence-electron chi connectivity index (χ4n) is 6.37. The van der Waals surface area contributed by atoms with Crippen molar-refractivity contribution in [3.63, 3.8) is 0 Å². The summed E-state index contributed by atoms with van der Waals surface area (Å²) in [6.07, 6.45) is 0. The van der Waals surface area contributed by atoms with Gasteiger partial charge in [-0.2, -0.15) is 49.2 Å². The van der Waals surface area contributed by atoms with E-state index in [9.17, 15) is 57.1 Å². The molecule has 0 radical (unpaired) electrons. The smallest absolute Gasteiger partial charge is 0.295 e. The Bertz CT molecular complexity index is 3490. The molecule has 1 aliphatic heterocycles. The molecule has 0 spiro atoms. The van der Waals surface area contributed by atoms with Crippen LogP contribution >= 0.6 is 11.8 Å². The molecule has 0 fully saturated rings. The van der Waals surface area contributed by atoms with E-state index in [1.165, 1.54) is 42.5 Å². The number of aliphatic imine (C=N–C) groups is 1. The highest BCUT2D eigenvalue weighted by atomic mass is 32.2.